The Morgan fingerprint density at radius 3 is 2.59 bits per heavy atom. The topological polar surface area (TPSA) is 112 Å². The molecule has 0 aliphatic carbocycles. The Morgan fingerprint density at radius 1 is 1.11 bits per heavy atom. The van der Waals surface area contributed by atoms with Gasteiger partial charge in [0.1, 0.15) is 5.75 Å². The zero-order chi connectivity index (χ0) is 33.1. The minimum absolute atomic E-state index is 0.0787. The van der Waals surface area contributed by atoms with Crippen molar-refractivity contribution in [1.82, 2.24) is 15.2 Å². The van der Waals surface area contributed by atoms with Crippen molar-refractivity contribution in [2.45, 2.75) is 49.6 Å². The predicted octanol–water partition coefficient (Wildman–Crippen LogP) is 6.47. The van der Waals surface area contributed by atoms with Gasteiger partial charge < -0.3 is 25.2 Å². The van der Waals surface area contributed by atoms with Crippen molar-refractivity contribution in [1.29, 1.82) is 0 Å². The van der Waals surface area contributed by atoms with Crippen molar-refractivity contribution in [2.24, 2.45) is 17.8 Å². The van der Waals surface area contributed by atoms with Crippen LogP contribution in [0.4, 0.5) is 13.2 Å². The van der Waals surface area contributed by atoms with Crippen LogP contribution in [-0.4, -0.2) is 77.6 Å². The molecule has 12 heteroatoms. The molecule has 3 heterocycles. The van der Waals surface area contributed by atoms with E-state index in [0.717, 1.165) is 74.3 Å². The normalized spacial score (nSPS) is 20.5. The average Bonchev–Trinajstić information content (AvgIpc) is 3.05. The maximum atomic E-state index is 13.2. The van der Waals surface area contributed by atoms with Gasteiger partial charge in [0.05, 0.1) is 30.0 Å². The lowest BCUT2D eigenvalue weighted by Gasteiger charge is -2.36. The summed E-state index contributed by atoms with van der Waals surface area (Å²) in [6.07, 6.45) is 2.53. The molecule has 1 unspecified atom stereocenters. The van der Waals surface area contributed by atoms with E-state index in [0.29, 0.717) is 25.4 Å². The third-order valence-electron chi connectivity index (χ3n) is 8.72. The summed E-state index contributed by atoms with van der Waals surface area (Å²) < 4.78 is 45.1. The smallest absolute Gasteiger partial charge is 0.417 e. The number of aryl methyl sites for hydroxylation is 1. The fourth-order valence-corrected chi connectivity index (χ4v) is 7.24. The van der Waals surface area contributed by atoms with Crippen LogP contribution in [-0.2, 0) is 22.2 Å². The first-order chi connectivity index (χ1) is 22.1. The van der Waals surface area contributed by atoms with E-state index < -0.39 is 29.6 Å². The van der Waals surface area contributed by atoms with Crippen molar-refractivity contribution in [3.63, 3.8) is 0 Å². The molecular formula is C34H42F3N3O5S. The van der Waals surface area contributed by atoms with E-state index in [1.807, 2.05) is 24.3 Å². The van der Waals surface area contributed by atoms with Crippen LogP contribution >= 0.6 is 11.8 Å². The molecule has 2 aliphatic rings. The van der Waals surface area contributed by atoms with Crippen molar-refractivity contribution >= 4 is 34.6 Å². The number of carbonyl (C=O) groups is 2. The molecule has 1 aromatic heterocycles. The number of aliphatic carboxylic acids is 2. The van der Waals surface area contributed by atoms with Crippen LogP contribution in [0, 0.1) is 17.8 Å². The van der Waals surface area contributed by atoms with Crippen LogP contribution < -0.4 is 10.1 Å². The number of aromatic nitrogens is 1. The Kier molecular flexibility index (Phi) is 13.1. The number of carboxylic acid groups (broad SMARTS) is 2. The summed E-state index contributed by atoms with van der Waals surface area (Å²) in [4.78, 5) is 29.1. The Bertz CT molecular complexity index is 1450. The van der Waals surface area contributed by atoms with Gasteiger partial charge in [0.25, 0.3) is 0 Å². The highest BCUT2D eigenvalue weighted by Crippen LogP contribution is 2.37. The maximum absolute atomic E-state index is 13.2. The molecule has 8 nitrogen and oxygen atoms in total. The van der Waals surface area contributed by atoms with Crippen LogP contribution in [0.15, 0.2) is 59.6 Å². The van der Waals surface area contributed by atoms with E-state index in [9.17, 15) is 27.9 Å². The molecule has 0 amide bonds. The van der Waals surface area contributed by atoms with Gasteiger partial charge in [-0.15, -0.1) is 11.8 Å². The Balaban J connectivity index is 0.000000459. The molecule has 0 saturated carbocycles. The highest BCUT2D eigenvalue weighted by molar-refractivity contribution is 7.99. The molecule has 3 aromatic rings. The number of nitrogens with zero attached hydrogens (tertiary/aromatic N) is 2. The number of rotatable bonds is 11. The van der Waals surface area contributed by atoms with E-state index in [-0.39, 0.29) is 16.7 Å². The van der Waals surface area contributed by atoms with Crippen molar-refractivity contribution in [3.05, 3.63) is 65.9 Å². The summed E-state index contributed by atoms with van der Waals surface area (Å²) in [5, 5.41) is 22.5. The van der Waals surface area contributed by atoms with Crippen molar-refractivity contribution in [2.75, 3.05) is 45.6 Å². The number of fused-ring (bicyclic) bond motifs is 1. The third-order valence-corrected chi connectivity index (χ3v) is 9.77. The minimum atomic E-state index is -4.38. The lowest BCUT2D eigenvalue weighted by Crippen LogP contribution is -2.44. The predicted molar refractivity (Wildman–Crippen MR) is 172 cm³/mol. The van der Waals surface area contributed by atoms with Gasteiger partial charge >= 0.3 is 18.1 Å². The lowest BCUT2D eigenvalue weighted by atomic mass is 9.81. The Labute approximate surface area is 271 Å². The number of nitrogens with one attached hydrogen (secondary N) is 1. The summed E-state index contributed by atoms with van der Waals surface area (Å²) in [6, 6.07) is 13.4. The highest BCUT2D eigenvalue weighted by Gasteiger charge is 2.35. The van der Waals surface area contributed by atoms with Gasteiger partial charge in [0.15, 0.2) is 0 Å². The SMILES string of the molecule is COc1ccc2nccc(CCC[C@@H]3CCN(CCSc4ccccc4C(F)(F)F)C[C@@H]3C(=O)O)c2c1.O=C(O)C1CCCNC1. The summed E-state index contributed by atoms with van der Waals surface area (Å²) in [5.41, 5.74) is 1.46. The van der Waals surface area contributed by atoms with Crippen LogP contribution in [0.2, 0.25) is 0 Å². The number of pyridine rings is 1. The lowest BCUT2D eigenvalue weighted by molar-refractivity contribution is -0.146. The van der Waals surface area contributed by atoms with Crippen LogP contribution in [0.5, 0.6) is 5.75 Å². The highest BCUT2D eigenvalue weighted by atomic mass is 32.2. The number of piperidine rings is 2. The number of hydrogen-bond acceptors (Lipinski definition) is 7. The number of ether oxygens (including phenoxy) is 1. The minimum Gasteiger partial charge on any atom is -0.497 e. The van der Waals surface area contributed by atoms with Gasteiger partial charge in [-0.2, -0.15) is 13.2 Å². The quantitative estimate of drug-likeness (QED) is 0.199. The average molecular weight is 662 g/mol. The van der Waals surface area contributed by atoms with Crippen LogP contribution in [0.3, 0.4) is 0 Å². The van der Waals surface area contributed by atoms with E-state index in [2.05, 4.69) is 15.2 Å². The van der Waals surface area contributed by atoms with Crippen LogP contribution in [0.1, 0.15) is 43.2 Å². The van der Waals surface area contributed by atoms with E-state index in [1.54, 1.807) is 19.4 Å². The second-order valence-corrected chi connectivity index (χ2v) is 12.9. The number of likely N-dealkylation sites (tertiary alicyclic amines) is 1. The molecule has 46 heavy (non-hydrogen) atoms. The first kappa shape index (κ1) is 35.5. The summed E-state index contributed by atoms with van der Waals surface area (Å²) >= 11 is 1.17. The molecule has 250 valence electrons. The molecule has 3 atom stereocenters. The molecule has 0 radical (unpaired) electrons. The molecule has 2 aliphatic heterocycles. The summed E-state index contributed by atoms with van der Waals surface area (Å²) in [7, 11) is 1.63. The number of methoxy groups -OCH3 is 1. The first-order valence-corrected chi connectivity index (χ1v) is 16.6. The van der Waals surface area contributed by atoms with E-state index in [4.69, 9.17) is 9.84 Å². The summed E-state index contributed by atoms with van der Waals surface area (Å²) in [5.74, 6) is -0.752. The Hall–Kier alpha value is -3.35. The fourth-order valence-electron chi connectivity index (χ4n) is 6.15. The fraction of sp³-hybridized carbons (Fsp3) is 0.500. The number of carboxylic acids is 2. The zero-order valence-electron chi connectivity index (χ0n) is 26.0. The maximum Gasteiger partial charge on any atom is 0.417 e. The van der Waals surface area contributed by atoms with Crippen molar-refractivity contribution < 1.29 is 37.7 Å². The third kappa shape index (κ3) is 10.1. The first-order valence-electron chi connectivity index (χ1n) is 15.7. The largest absolute Gasteiger partial charge is 0.497 e. The molecule has 2 fully saturated rings. The molecule has 0 spiro atoms. The molecule has 2 aromatic carbocycles. The number of halogens is 3. The molecular weight excluding hydrogens is 619 g/mol. The van der Waals surface area contributed by atoms with Gasteiger partial charge in [-0.05, 0) is 99.5 Å². The summed E-state index contributed by atoms with van der Waals surface area (Å²) in [6.45, 7) is 3.36. The number of alkyl halides is 3. The second-order valence-electron chi connectivity index (χ2n) is 11.8. The van der Waals surface area contributed by atoms with Gasteiger partial charge in [0, 0.05) is 41.9 Å². The molecule has 3 N–H and O–H groups in total. The molecule has 2 saturated heterocycles. The second kappa shape index (κ2) is 17.0. The van der Waals surface area contributed by atoms with Gasteiger partial charge in [-0.25, -0.2) is 0 Å². The van der Waals surface area contributed by atoms with E-state index >= 15 is 0 Å². The zero-order valence-corrected chi connectivity index (χ0v) is 26.8. The van der Waals surface area contributed by atoms with Gasteiger partial charge in [-0.1, -0.05) is 12.1 Å². The van der Waals surface area contributed by atoms with Gasteiger partial charge in [-0.3, -0.25) is 14.6 Å². The molecule has 0 bridgehead atoms. The van der Waals surface area contributed by atoms with Gasteiger partial charge in [0.2, 0.25) is 0 Å². The van der Waals surface area contributed by atoms with E-state index in [1.165, 1.54) is 29.5 Å². The standard InChI is InChI=1S/C28H31F3N2O3S.C6H11NO2/c1-36-21-9-10-25-22(17-21)19(11-13-32-25)5-4-6-20-12-14-33(18-23(20)27(34)35)15-16-37-26-8-3-2-7-24(26)28(29,30)31;8-6(9)5-2-1-3-7-4-5/h2-3,7-11,13,17,20,23H,4-6,12,14-16,18H2,1H3,(H,34,35);5,7H,1-4H2,(H,8,9)/t20-,23+;/m1./s1. The Morgan fingerprint density at radius 2 is 1.91 bits per heavy atom. The number of hydrogen-bond donors (Lipinski definition) is 3. The monoisotopic (exact) mass is 661 g/mol. The molecule has 5 rings (SSSR count). The number of benzene rings is 2. The van der Waals surface area contributed by atoms with Crippen LogP contribution in [0.25, 0.3) is 10.9 Å². The van der Waals surface area contributed by atoms with Crippen molar-refractivity contribution in [3.8, 4) is 5.75 Å². The number of thioether (sulfide) groups is 1.